The minimum absolute atomic E-state index is 0.401. The lowest BCUT2D eigenvalue weighted by molar-refractivity contribution is 0.00578. The molecular formula is C36H46BClN12O6. The van der Waals surface area contributed by atoms with Gasteiger partial charge in [0, 0.05) is 56.5 Å². The van der Waals surface area contributed by atoms with Gasteiger partial charge in [0.2, 0.25) is 0 Å². The molecule has 0 aromatic carbocycles. The fraction of sp³-hybridized carbons (Fsp3) is 0.444. The second-order valence-corrected chi connectivity index (χ2v) is 16.6. The van der Waals surface area contributed by atoms with Crippen LogP contribution in [0.25, 0.3) is 11.3 Å². The Bertz CT molecular complexity index is 2370. The molecule has 0 spiro atoms. The predicted molar refractivity (Wildman–Crippen MR) is 210 cm³/mol. The van der Waals surface area contributed by atoms with Crippen molar-refractivity contribution in [2.75, 3.05) is 9.80 Å². The Morgan fingerprint density at radius 1 is 0.732 bits per heavy atom. The zero-order valence-electron chi connectivity index (χ0n) is 33.5. The fourth-order valence-corrected chi connectivity index (χ4v) is 5.73. The summed E-state index contributed by atoms with van der Waals surface area (Å²) in [6, 6.07) is 6.88. The Balaban J connectivity index is 0.000000198. The molecule has 1 aliphatic heterocycles. The zero-order chi connectivity index (χ0) is 41.0. The van der Waals surface area contributed by atoms with Gasteiger partial charge in [0.25, 0.3) is 0 Å². The highest BCUT2D eigenvalue weighted by Gasteiger charge is 2.52. The highest BCUT2D eigenvalue weighted by molar-refractivity contribution is 6.62. The van der Waals surface area contributed by atoms with E-state index in [0.717, 1.165) is 0 Å². The molecule has 7 heterocycles. The number of amides is 2. The maximum absolute atomic E-state index is 13.3. The second kappa shape index (κ2) is 14.5. The number of ether oxygens (including phenoxy) is 2. The number of rotatable bonds is 5. The zero-order valence-corrected chi connectivity index (χ0v) is 34.3. The van der Waals surface area contributed by atoms with E-state index in [4.69, 9.17) is 30.4 Å². The number of hydrogen-bond acceptors (Lipinski definition) is 12. The SMILES string of the molecule is Cn1ccc(N(C(=O)OC(C)(C)C)c2cc(B3OC(C)(C)C(C)(C)O3)cn3ncnc23)n1.Cn1ccc(N(C(=O)OC(C)(C)C)c2cc(Cl)cn3ncnc23)n1. The van der Waals surface area contributed by atoms with Gasteiger partial charge in [-0.25, -0.2) is 38.4 Å². The van der Waals surface area contributed by atoms with Crippen LogP contribution in [0.15, 0.2) is 61.7 Å². The number of halogens is 1. The van der Waals surface area contributed by atoms with E-state index in [1.807, 2.05) is 54.5 Å². The number of fused-ring (bicyclic) bond motifs is 2. The molecule has 20 heteroatoms. The lowest BCUT2D eigenvalue weighted by Gasteiger charge is -2.32. The smallest absolute Gasteiger partial charge is 0.443 e. The number of hydrogen-bond donors (Lipinski definition) is 0. The lowest BCUT2D eigenvalue weighted by atomic mass is 9.80. The summed E-state index contributed by atoms with van der Waals surface area (Å²) in [5, 5.41) is 17.5. The van der Waals surface area contributed by atoms with Crippen molar-refractivity contribution in [3.05, 3.63) is 66.7 Å². The van der Waals surface area contributed by atoms with Crippen LogP contribution in [0.3, 0.4) is 0 Å². The Morgan fingerprint density at radius 3 is 1.57 bits per heavy atom. The van der Waals surface area contributed by atoms with Crippen molar-refractivity contribution in [1.29, 1.82) is 0 Å². The quantitative estimate of drug-likeness (QED) is 0.186. The van der Waals surface area contributed by atoms with E-state index in [1.54, 1.807) is 91.7 Å². The van der Waals surface area contributed by atoms with Crippen LogP contribution >= 0.6 is 11.6 Å². The van der Waals surface area contributed by atoms with Crippen LogP contribution in [0.2, 0.25) is 5.02 Å². The minimum atomic E-state index is -0.697. The Labute approximate surface area is 329 Å². The largest absolute Gasteiger partial charge is 0.496 e. The second-order valence-electron chi connectivity index (χ2n) is 16.2. The van der Waals surface area contributed by atoms with Crippen molar-refractivity contribution in [3.63, 3.8) is 0 Å². The van der Waals surface area contributed by atoms with E-state index in [1.165, 1.54) is 27.0 Å². The first kappa shape index (κ1) is 40.1. The molecule has 0 radical (unpaired) electrons. The number of aryl methyl sites for hydroxylation is 2. The van der Waals surface area contributed by atoms with Gasteiger partial charge in [-0.2, -0.15) is 20.4 Å². The Hall–Kier alpha value is -5.53. The number of aromatic nitrogens is 10. The van der Waals surface area contributed by atoms with Crippen molar-refractivity contribution in [2.45, 2.75) is 91.6 Å². The highest BCUT2D eigenvalue weighted by atomic mass is 35.5. The van der Waals surface area contributed by atoms with Gasteiger partial charge in [-0.3, -0.25) is 9.36 Å². The number of nitrogens with zero attached hydrogens (tertiary/aromatic N) is 12. The molecule has 2 amide bonds. The van der Waals surface area contributed by atoms with Crippen molar-refractivity contribution in [1.82, 2.24) is 48.8 Å². The number of anilines is 4. The third-order valence-electron chi connectivity index (χ3n) is 8.72. The number of carbonyl (C=O) groups is 2. The summed E-state index contributed by atoms with van der Waals surface area (Å²) < 4.78 is 30.0. The van der Waals surface area contributed by atoms with Crippen LogP contribution in [0.1, 0.15) is 69.2 Å². The molecule has 1 aliphatic rings. The first-order chi connectivity index (χ1) is 26.0. The molecule has 0 saturated carbocycles. The molecule has 0 unspecified atom stereocenters. The van der Waals surface area contributed by atoms with Crippen LogP contribution in [0, 0.1) is 0 Å². The molecule has 0 atom stereocenters. The molecule has 296 valence electrons. The molecular weight excluding hydrogens is 743 g/mol. The van der Waals surface area contributed by atoms with E-state index in [0.29, 0.717) is 44.8 Å². The summed E-state index contributed by atoms with van der Waals surface area (Å²) in [4.78, 5) is 37.4. The number of carbonyl (C=O) groups excluding carboxylic acids is 2. The van der Waals surface area contributed by atoms with Crippen LogP contribution in [-0.2, 0) is 32.9 Å². The minimum Gasteiger partial charge on any atom is -0.443 e. The van der Waals surface area contributed by atoms with Crippen molar-refractivity contribution < 1.29 is 28.4 Å². The van der Waals surface area contributed by atoms with Gasteiger partial charge in [0.1, 0.15) is 29.5 Å². The molecule has 1 saturated heterocycles. The predicted octanol–water partition coefficient (Wildman–Crippen LogP) is 6.02. The van der Waals surface area contributed by atoms with E-state index < -0.39 is 41.7 Å². The normalized spacial score (nSPS) is 15.1. The highest BCUT2D eigenvalue weighted by Crippen LogP contribution is 2.37. The molecule has 56 heavy (non-hydrogen) atoms. The third-order valence-corrected chi connectivity index (χ3v) is 8.92. The first-order valence-corrected chi connectivity index (χ1v) is 18.1. The van der Waals surface area contributed by atoms with E-state index in [-0.39, 0.29) is 0 Å². The van der Waals surface area contributed by atoms with Crippen molar-refractivity contribution in [3.8, 4) is 0 Å². The van der Waals surface area contributed by atoms with Gasteiger partial charge < -0.3 is 18.8 Å². The molecule has 6 aromatic rings. The van der Waals surface area contributed by atoms with E-state index >= 15 is 0 Å². The van der Waals surface area contributed by atoms with Gasteiger partial charge in [0.15, 0.2) is 22.9 Å². The van der Waals surface area contributed by atoms with Crippen LogP contribution in [-0.4, -0.2) is 90.5 Å². The third kappa shape index (κ3) is 8.48. The average molecular weight is 789 g/mol. The molecule has 7 rings (SSSR count). The molecule has 0 bridgehead atoms. The van der Waals surface area contributed by atoms with E-state index in [9.17, 15) is 9.59 Å². The molecule has 0 N–H and O–H groups in total. The first-order valence-electron chi connectivity index (χ1n) is 17.8. The molecule has 0 aliphatic carbocycles. The average Bonchev–Trinajstić information content (AvgIpc) is 3.89. The Kier molecular flexibility index (Phi) is 10.4. The summed E-state index contributed by atoms with van der Waals surface area (Å²) in [7, 11) is 2.91. The van der Waals surface area contributed by atoms with Crippen LogP contribution in [0.4, 0.5) is 32.6 Å². The maximum atomic E-state index is 13.3. The van der Waals surface area contributed by atoms with Crippen LogP contribution in [0.5, 0.6) is 0 Å². The van der Waals surface area contributed by atoms with Gasteiger partial charge >= 0.3 is 19.3 Å². The Morgan fingerprint density at radius 2 is 1.16 bits per heavy atom. The van der Waals surface area contributed by atoms with Gasteiger partial charge in [-0.1, -0.05) is 11.6 Å². The van der Waals surface area contributed by atoms with Crippen molar-refractivity contribution >= 4 is 70.7 Å². The monoisotopic (exact) mass is 788 g/mol. The summed E-state index contributed by atoms with van der Waals surface area (Å²) >= 11 is 6.16. The summed E-state index contributed by atoms with van der Waals surface area (Å²) in [6.45, 7) is 18.8. The topological polar surface area (TPSA) is 174 Å². The summed E-state index contributed by atoms with van der Waals surface area (Å²) in [5.41, 5.74) is 0.154. The van der Waals surface area contributed by atoms with Gasteiger partial charge in [0.05, 0.1) is 21.9 Å². The van der Waals surface area contributed by atoms with E-state index in [2.05, 4.69) is 30.4 Å². The molecule has 18 nitrogen and oxygen atoms in total. The number of pyridine rings is 2. The summed E-state index contributed by atoms with van der Waals surface area (Å²) in [6.07, 6.45) is 8.56. The molecule has 6 aromatic heterocycles. The fourth-order valence-electron chi connectivity index (χ4n) is 5.53. The molecule has 1 fully saturated rings. The van der Waals surface area contributed by atoms with Crippen molar-refractivity contribution in [2.24, 2.45) is 14.1 Å². The maximum Gasteiger partial charge on any atom is 0.496 e. The standard InChI is InChI=1S/C21H29BN6O4.C15H17ClN6O2/c1-19(2,3)30-18(29)28(16-9-10-26(8)25-16)15-11-14(12-27-17(15)23-13-24-27)22-31-20(4,5)21(6,7)32-22;1-15(2,3)24-14(23)22(12-5-6-20(4)19-12)11-7-10(16)8-21-13(11)17-9-18-21/h9-13H,1-8H3;5-9H,1-4H3. The van der Waals surface area contributed by atoms with Gasteiger partial charge in [-0.15, -0.1) is 0 Å². The van der Waals surface area contributed by atoms with Gasteiger partial charge in [-0.05, 0) is 81.4 Å². The van der Waals surface area contributed by atoms with Crippen LogP contribution < -0.4 is 15.3 Å². The lowest BCUT2D eigenvalue weighted by Crippen LogP contribution is -2.41. The summed E-state index contributed by atoms with van der Waals surface area (Å²) in [5.74, 6) is 0.802.